The Balaban J connectivity index is 0.00000162. The number of hydrogen-bond donors (Lipinski definition) is 3. The van der Waals surface area contributed by atoms with Gasteiger partial charge in [-0.3, -0.25) is 5.41 Å². The summed E-state index contributed by atoms with van der Waals surface area (Å²) in [5, 5.41) is 13.0. The standard InChI is InChI=1S/C13H15N3S.2ClH/c14-7-6-10-3-1-4-11(9-10)16-13(15)12-5-2-8-17-12;;/h1-5,8-9H,6-7,14H2,(H2,15,16);2*1H. The van der Waals surface area contributed by atoms with Crippen LogP contribution >= 0.6 is 36.2 Å². The Bertz CT molecular complexity index is 500. The Kier molecular flexibility index (Phi) is 8.43. The van der Waals surface area contributed by atoms with Gasteiger partial charge in [-0.2, -0.15) is 0 Å². The summed E-state index contributed by atoms with van der Waals surface area (Å²) in [5.74, 6) is 0.435. The molecular formula is C13H17Cl2N3S. The Morgan fingerprint density at radius 3 is 2.63 bits per heavy atom. The molecule has 2 rings (SSSR count). The first-order valence-corrected chi connectivity index (χ1v) is 6.36. The minimum Gasteiger partial charge on any atom is -0.340 e. The summed E-state index contributed by atoms with van der Waals surface area (Å²) in [6.45, 7) is 0.645. The van der Waals surface area contributed by atoms with Gasteiger partial charge in [0.15, 0.2) is 0 Å². The molecule has 3 nitrogen and oxygen atoms in total. The molecule has 4 N–H and O–H groups in total. The molecule has 1 aromatic carbocycles. The summed E-state index contributed by atoms with van der Waals surface area (Å²) in [5.41, 5.74) is 7.66. The van der Waals surface area contributed by atoms with E-state index in [4.69, 9.17) is 11.1 Å². The highest BCUT2D eigenvalue weighted by Gasteiger charge is 2.02. The van der Waals surface area contributed by atoms with E-state index < -0.39 is 0 Å². The number of amidine groups is 1. The highest BCUT2D eigenvalue weighted by atomic mass is 35.5. The van der Waals surface area contributed by atoms with Crippen molar-refractivity contribution in [2.45, 2.75) is 6.42 Å². The van der Waals surface area contributed by atoms with Crippen molar-refractivity contribution >= 4 is 47.7 Å². The second kappa shape index (κ2) is 8.93. The van der Waals surface area contributed by atoms with Crippen molar-refractivity contribution in [3.05, 3.63) is 52.2 Å². The molecule has 0 bridgehead atoms. The van der Waals surface area contributed by atoms with Crippen molar-refractivity contribution in [3.63, 3.8) is 0 Å². The van der Waals surface area contributed by atoms with E-state index in [2.05, 4.69) is 5.32 Å². The van der Waals surface area contributed by atoms with Crippen LogP contribution in [0, 0.1) is 5.41 Å². The van der Waals surface area contributed by atoms with E-state index in [0.29, 0.717) is 12.4 Å². The fourth-order valence-corrected chi connectivity index (χ4v) is 2.23. The minimum absolute atomic E-state index is 0. The number of benzene rings is 1. The van der Waals surface area contributed by atoms with Crippen LogP contribution in [0.1, 0.15) is 10.4 Å². The zero-order chi connectivity index (χ0) is 12.1. The highest BCUT2D eigenvalue weighted by Crippen LogP contribution is 2.14. The largest absolute Gasteiger partial charge is 0.340 e. The van der Waals surface area contributed by atoms with Gasteiger partial charge in [-0.1, -0.05) is 18.2 Å². The third-order valence-electron chi connectivity index (χ3n) is 2.40. The monoisotopic (exact) mass is 317 g/mol. The molecule has 19 heavy (non-hydrogen) atoms. The zero-order valence-electron chi connectivity index (χ0n) is 10.3. The minimum atomic E-state index is 0. The summed E-state index contributed by atoms with van der Waals surface area (Å²) < 4.78 is 0. The third-order valence-corrected chi connectivity index (χ3v) is 3.28. The molecule has 0 fully saturated rings. The molecule has 0 aliphatic carbocycles. The molecule has 2 aromatic rings. The molecule has 0 amide bonds. The van der Waals surface area contributed by atoms with E-state index in [0.717, 1.165) is 17.0 Å². The number of hydrogen-bond acceptors (Lipinski definition) is 3. The Hall–Kier alpha value is -1.07. The van der Waals surface area contributed by atoms with Crippen LogP contribution in [0.3, 0.4) is 0 Å². The second-order valence-electron chi connectivity index (χ2n) is 3.72. The van der Waals surface area contributed by atoms with Crippen molar-refractivity contribution in [2.75, 3.05) is 11.9 Å². The van der Waals surface area contributed by atoms with Crippen LogP contribution in [0.15, 0.2) is 41.8 Å². The van der Waals surface area contributed by atoms with Crippen LogP contribution in [0.4, 0.5) is 5.69 Å². The highest BCUT2D eigenvalue weighted by molar-refractivity contribution is 7.12. The van der Waals surface area contributed by atoms with Gasteiger partial charge in [0.2, 0.25) is 0 Å². The fourth-order valence-electron chi connectivity index (χ4n) is 1.60. The molecule has 0 aliphatic rings. The lowest BCUT2D eigenvalue weighted by Crippen LogP contribution is -2.10. The van der Waals surface area contributed by atoms with E-state index in [-0.39, 0.29) is 24.8 Å². The molecular weight excluding hydrogens is 301 g/mol. The van der Waals surface area contributed by atoms with Crippen LogP contribution in [0.2, 0.25) is 0 Å². The van der Waals surface area contributed by atoms with Crippen molar-refractivity contribution in [1.82, 2.24) is 0 Å². The van der Waals surface area contributed by atoms with Crippen molar-refractivity contribution in [2.24, 2.45) is 5.73 Å². The SMILES string of the molecule is Cl.Cl.N=C(Nc1cccc(CCN)c1)c1cccs1. The van der Waals surface area contributed by atoms with Gasteiger partial charge in [-0.25, -0.2) is 0 Å². The van der Waals surface area contributed by atoms with Gasteiger partial charge in [-0.15, -0.1) is 36.2 Å². The number of nitrogens with one attached hydrogen (secondary N) is 2. The first-order valence-electron chi connectivity index (χ1n) is 5.48. The topological polar surface area (TPSA) is 61.9 Å². The second-order valence-corrected chi connectivity index (χ2v) is 4.66. The molecule has 0 aliphatic heterocycles. The zero-order valence-corrected chi connectivity index (χ0v) is 12.7. The fraction of sp³-hybridized carbons (Fsp3) is 0.154. The molecule has 0 saturated heterocycles. The third kappa shape index (κ3) is 5.20. The van der Waals surface area contributed by atoms with Gasteiger partial charge in [0, 0.05) is 5.69 Å². The number of nitrogens with two attached hydrogens (primary N) is 1. The normalized spacial score (nSPS) is 9.11. The first kappa shape index (κ1) is 17.9. The first-order chi connectivity index (χ1) is 8.29. The maximum Gasteiger partial charge on any atom is 0.140 e. The van der Waals surface area contributed by atoms with Crippen LogP contribution in [-0.2, 0) is 6.42 Å². The molecule has 1 heterocycles. The number of thiophene rings is 1. The average Bonchev–Trinajstić information content (AvgIpc) is 2.83. The molecule has 104 valence electrons. The summed E-state index contributed by atoms with van der Waals surface area (Å²) in [7, 11) is 0. The number of anilines is 1. The van der Waals surface area contributed by atoms with E-state index in [1.807, 2.05) is 41.8 Å². The molecule has 1 aromatic heterocycles. The molecule has 0 atom stereocenters. The maximum absolute atomic E-state index is 7.93. The van der Waals surface area contributed by atoms with E-state index >= 15 is 0 Å². The summed E-state index contributed by atoms with van der Waals surface area (Å²) in [6, 6.07) is 11.9. The van der Waals surface area contributed by atoms with E-state index in [1.54, 1.807) is 11.3 Å². The van der Waals surface area contributed by atoms with Crippen LogP contribution in [0.25, 0.3) is 0 Å². The maximum atomic E-state index is 7.93. The quantitative estimate of drug-likeness (QED) is 0.596. The summed E-state index contributed by atoms with van der Waals surface area (Å²) in [6.07, 6.45) is 0.863. The molecule has 0 spiro atoms. The number of halogens is 2. The van der Waals surface area contributed by atoms with Crippen LogP contribution in [0.5, 0.6) is 0 Å². The molecule has 0 radical (unpaired) electrons. The van der Waals surface area contributed by atoms with E-state index in [9.17, 15) is 0 Å². The smallest absolute Gasteiger partial charge is 0.140 e. The lowest BCUT2D eigenvalue weighted by molar-refractivity contribution is 0.969. The van der Waals surface area contributed by atoms with Gasteiger partial charge in [0.25, 0.3) is 0 Å². The summed E-state index contributed by atoms with van der Waals surface area (Å²) >= 11 is 1.56. The Labute approximate surface area is 129 Å². The predicted molar refractivity (Wildman–Crippen MR) is 88.5 cm³/mol. The molecule has 0 unspecified atom stereocenters. The number of rotatable bonds is 4. The van der Waals surface area contributed by atoms with Crippen LogP contribution in [-0.4, -0.2) is 12.4 Å². The molecule has 0 saturated carbocycles. The van der Waals surface area contributed by atoms with Crippen molar-refractivity contribution in [3.8, 4) is 0 Å². The van der Waals surface area contributed by atoms with Crippen molar-refractivity contribution < 1.29 is 0 Å². The lowest BCUT2D eigenvalue weighted by Gasteiger charge is -2.07. The van der Waals surface area contributed by atoms with Gasteiger partial charge >= 0.3 is 0 Å². The van der Waals surface area contributed by atoms with Gasteiger partial charge in [0.05, 0.1) is 4.88 Å². The summed E-state index contributed by atoms with van der Waals surface area (Å²) in [4.78, 5) is 0.939. The Morgan fingerprint density at radius 2 is 2.00 bits per heavy atom. The average molecular weight is 318 g/mol. The van der Waals surface area contributed by atoms with Crippen LogP contribution < -0.4 is 11.1 Å². The van der Waals surface area contributed by atoms with E-state index in [1.165, 1.54) is 5.56 Å². The lowest BCUT2D eigenvalue weighted by atomic mass is 10.1. The van der Waals surface area contributed by atoms with Gasteiger partial charge in [0.1, 0.15) is 5.84 Å². The van der Waals surface area contributed by atoms with Crippen molar-refractivity contribution in [1.29, 1.82) is 5.41 Å². The Morgan fingerprint density at radius 1 is 1.21 bits per heavy atom. The predicted octanol–water partition coefficient (Wildman–Crippen LogP) is 3.53. The van der Waals surface area contributed by atoms with Gasteiger partial charge < -0.3 is 11.1 Å². The van der Waals surface area contributed by atoms with Gasteiger partial charge in [-0.05, 0) is 42.1 Å². The molecule has 6 heteroatoms.